The van der Waals surface area contributed by atoms with E-state index in [1.54, 1.807) is 0 Å². The minimum Gasteiger partial charge on any atom is -0.491 e. The van der Waals surface area contributed by atoms with Gasteiger partial charge in [0, 0.05) is 0 Å². The summed E-state index contributed by atoms with van der Waals surface area (Å²) in [6.45, 7) is 5.18. The molecule has 0 aliphatic carbocycles. The molecule has 1 N–H and O–H groups in total. The molecule has 29 heavy (non-hydrogen) atoms. The van der Waals surface area contributed by atoms with Gasteiger partial charge in [0.05, 0.1) is 72.7 Å². The molecule has 0 fully saturated rings. The van der Waals surface area contributed by atoms with Gasteiger partial charge in [-0.25, -0.2) is 4.79 Å². The van der Waals surface area contributed by atoms with Gasteiger partial charge in [0.15, 0.2) is 0 Å². The van der Waals surface area contributed by atoms with Gasteiger partial charge in [-0.3, -0.25) is 0 Å². The summed E-state index contributed by atoms with van der Waals surface area (Å²) < 4.78 is 37.1. The number of benzene rings is 1. The van der Waals surface area contributed by atoms with Gasteiger partial charge >= 0.3 is 5.97 Å². The molecular formula is C20H32O9. The lowest BCUT2D eigenvalue weighted by Gasteiger charge is -2.08. The number of hydrogen-bond acceptors (Lipinski definition) is 8. The van der Waals surface area contributed by atoms with Gasteiger partial charge in [-0.2, -0.15) is 0 Å². The highest BCUT2D eigenvalue weighted by molar-refractivity contribution is 5.67. The minimum absolute atomic E-state index is 0.252. The van der Waals surface area contributed by atoms with E-state index in [9.17, 15) is 4.79 Å². The Morgan fingerprint density at radius 1 is 0.586 bits per heavy atom. The Kier molecular flexibility index (Phi) is 17.1. The Morgan fingerprint density at radius 2 is 0.966 bits per heavy atom. The van der Waals surface area contributed by atoms with Gasteiger partial charge in [0.25, 0.3) is 0 Å². The fourth-order valence-electron chi connectivity index (χ4n) is 1.99. The first-order valence-electron chi connectivity index (χ1n) is 9.65. The van der Waals surface area contributed by atoms with Crippen LogP contribution in [0.5, 0.6) is 5.75 Å². The summed E-state index contributed by atoms with van der Waals surface area (Å²) in [4.78, 5) is 10.2. The lowest BCUT2D eigenvalue weighted by molar-refractivity contribution is -0.142. The second-order valence-electron chi connectivity index (χ2n) is 5.67. The van der Waals surface area contributed by atoms with E-state index in [0.29, 0.717) is 72.7 Å². The minimum atomic E-state index is -0.989. The molecule has 0 aliphatic rings. The van der Waals surface area contributed by atoms with Gasteiger partial charge in [0.2, 0.25) is 0 Å². The molecule has 9 heteroatoms. The van der Waals surface area contributed by atoms with Crippen molar-refractivity contribution in [1.82, 2.24) is 0 Å². The summed E-state index contributed by atoms with van der Waals surface area (Å²) in [6, 6.07) is 9.62. The molecular weight excluding hydrogens is 384 g/mol. The van der Waals surface area contributed by atoms with Crippen LogP contribution in [-0.4, -0.2) is 97.0 Å². The fraction of sp³-hybridized carbons (Fsp3) is 0.650. The maximum absolute atomic E-state index is 10.2. The van der Waals surface area contributed by atoms with Crippen LogP contribution in [0.1, 0.15) is 0 Å². The van der Waals surface area contributed by atoms with Gasteiger partial charge < -0.3 is 38.3 Å². The van der Waals surface area contributed by atoms with Gasteiger partial charge in [-0.05, 0) is 12.1 Å². The number of carboxylic acid groups (broad SMARTS) is 1. The average molecular weight is 416 g/mol. The predicted octanol–water partition coefficient (Wildman–Crippen LogP) is 1.25. The standard InChI is InChI=1S/C20H32O9/c21-20(22)18-28-15-14-26-11-10-24-7-6-23-8-9-25-12-13-27-16-17-29-19-4-2-1-3-5-19/h1-5H,6-18H2,(H,21,22). The van der Waals surface area contributed by atoms with E-state index >= 15 is 0 Å². The van der Waals surface area contributed by atoms with Crippen LogP contribution in [0.15, 0.2) is 30.3 Å². The quantitative estimate of drug-likeness (QED) is 0.297. The lowest BCUT2D eigenvalue weighted by atomic mass is 10.3. The van der Waals surface area contributed by atoms with E-state index in [1.165, 1.54) is 0 Å². The number of carboxylic acids is 1. The molecule has 1 aromatic carbocycles. The Balaban J connectivity index is 1.67. The summed E-state index contributed by atoms with van der Waals surface area (Å²) in [5.41, 5.74) is 0. The van der Waals surface area contributed by atoms with Crippen LogP contribution in [0.3, 0.4) is 0 Å². The summed E-state index contributed by atoms with van der Waals surface area (Å²) in [5.74, 6) is -0.153. The van der Waals surface area contributed by atoms with Crippen molar-refractivity contribution in [2.75, 3.05) is 85.9 Å². The van der Waals surface area contributed by atoms with Crippen molar-refractivity contribution in [3.8, 4) is 5.75 Å². The topological polar surface area (TPSA) is 102 Å². The zero-order chi connectivity index (χ0) is 20.8. The third-order valence-electron chi connectivity index (χ3n) is 3.33. The molecule has 0 unspecified atom stereocenters. The summed E-state index contributed by atoms with van der Waals surface area (Å²) >= 11 is 0. The molecule has 0 aliphatic heterocycles. The zero-order valence-corrected chi connectivity index (χ0v) is 16.8. The van der Waals surface area contributed by atoms with Crippen molar-refractivity contribution in [2.24, 2.45) is 0 Å². The zero-order valence-electron chi connectivity index (χ0n) is 16.8. The smallest absolute Gasteiger partial charge is 0.329 e. The van der Waals surface area contributed by atoms with Crippen LogP contribution in [-0.2, 0) is 33.2 Å². The fourth-order valence-corrected chi connectivity index (χ4v) is 1.99. The molecule has 0 saturated carbocycles. The first kappa shape index (κ1) is 25.3. The molecule has 166 valence electrons. The molecule has 0 aromatic heterocycles. The van der Waals surface area contributed by atoms with E-state index < -0.39 is 5.97 Å². The lowest BCUT2D eigenvalue weighted by Crippen LogP contribution is -2.15. The monoisotopic (exact) mass is 416 g/mol. The number of para-hydroxylation sites is 1. The molecule has 0 heterocycles. The highest BCUT2D eigenvalue weighted by Gasteiger charge is 1.97. The maximum atomic E-state index is 10.2. The largest absolute Gasteiger partial charge is 0.491 e. The van der Waals surface area contributed by atoms with Crippen molar-refractivity contribution in [3.63, 3.8) is 0 Å². The summed E-state index contributed by atoms with van der Waals surface area (Å²) in [7, 11) is 0. The van der Waals surface area contributed by atoms with E-state index in [2.05, 4.69) is 0 Å². The van der Waals surface area contributed by atoms with Crippen molar-refractivity contribution >= 4 is 5.97 Å². The number of ether oxygens (including phenoxy) is 7. The van der Waals surface area contributed by atoms with Crippen molar-refractivity contribution in [1.29, 1.82) is 0 Å². The van der Waals surface area contributed by atoms with Gasteiger partial charge in [-0.15, -0.1) is 0 Å². The van der Waals surface area contributed by atoms with Crippen LogP contribution >= 0.6 is 0 Å². The Bertz CT molecular complexity index is 484. The Labute approximate surface area is 171 Å². The molecule has 1 rings (SSSR count). The van der Waals surface area contributed by atoms with Crippen molar-refractivity contribution < 1.29 is 43.1 Å². The highest BCUT2D eigenvalue weighted by atomic mass is 16.6. The van der Waals surface area contributed by atoms with E-state index in [-0.39, 0.29) is 13.2 Å². The van der Waals surface area contributed by atoms with Crippen LogP contribution in [0.2, 0.25) is 0 Å². The molecule has 0 atom stereocenters. The summed E-state index contributed by atoms with van der Waals surface area (Å²) in [5, 5.41) is 8.38. The van der Waals surface area contributed by atoms with E-state index in [0.717, 1.165) is 5.75 Å². The van der Waals surface area contributed by atoms with Gasteiger partial charge in [-0.1, -0.05) is 18.2 Å². The van der Waals surface area contributed by atoms with Crippen LogP contribution in [0, 0.1) is 0 Å². The number of rotatable bonds is 21. The highest BCUT2D eigenvalue weighted by Crippen LogP contribution is 2.07. The number of hydrogen-bond donors (Lipinski definition) is 1. The third kappa shape index (κ3) is 18.0. The molecule has 0 spiro atoms. The Hall–Kier alpha value is -1.75. The van der Waals surface area contributed by atoms with Crippen molar-refractivity contribution in [2.45, 2.75) is 0 Å². The van der Waals surface area contributed by atoms with E-state index in [1.807, 2.05) is 30.3 Å². The van der Waals surface area contributed by atoms with Crippen LogP contribution in [0.4, 0.5) is 0 Å². The molecule has 1 aromatic rings. The number of carbonyl (C=O) groups is 1. The average Bonchev–Trinajstić information content (AvgIpc) is 2.73. The normalized spacial score (nSPS) is 10.9. The SMILES string of the molecule is O=C(O)COCCOCCOCCOCCOCCOCCOc1ccccc1. The molecule has 0 amide bonds. The van der Waals surface area contributed by atoms with Crippen molar-refractivity contribution in [3.05, 3.63) is 30.3 Å². The molecule has 0 radical (unpaired) electrons. The van der Waals surface area contributed by atoms with Crippen LogP contribution in [0.25, 0.3) is 0 Å². The van der Waals surface area contributed by atoms with Gasteiger partial charge in [0.1, 0.15) is 19.0 Å². The molecule has 0 saturated heterocycles. The van der Waals surface area contributed by atoms with E-state index in [4.69, 9.17) is 38.3 Å². The predicted molar refractivity (Wildman–Crippen MR) is 104 cm³/mol. The molecule has 0 bridgehead atoms. The first-order chi connectivity index (χ1) is 14.3. The second kappa shape index (κ2) is 19.6. The number of aliphatic carboxylic acids is 1. The Morgan fingerprint density at radius 3 is 1.38 bits per heavy atom. The molecule has 9 nitrogen and oxygen atoms in total. The third-order valence-corrected chi connectivity index (χ3v) is 3.33. The summed E-state index contributed by atoms with van der Waals surface area (Å²) in [6.07, 6.45) is 0. The maximum Gasteiger partial charge on any atom is 0.329 e. The van der Waals surface area contributed by atoms with Crippen LogP contribution < -0.4 is 4.74 Å². The first-order valence-corrected chi connectivity index (χ1v) is 9.65. The second-order valence-corrected chi connectivity index (χ2v) is 5.67.